The number of anilines is 1. The largest absolute Gasteiger partial charge is 0.443 e. The van der Waals surface area contributed by atoms with Gasteiger partial charge in [-0.25, -0.2) is 14.8 Å². The second-order valence-corrected chi connectivity index (χ2v) is 7.22. The number of fused-ring (bicyclic) bond motifs is 1. The first kappa shape index (κ1) is 19.1. The van der Waals surface area contributed by atoms with Crippen molar-refractivity contribution in [1.29, 1.82) is 0 Å². The van der Waals surface area contributed by atoms with Gasteiger partial charge < -0.3 is 20.1 Å². The van der Waals surface area contributed by atoms with Gasteiger partial charge in [-0.15, -0.1) is 0 Å². The van der Waals surface area contributed by atoms with E-state index in [4.69, 9.17) is 25.2 Å². The first-order chi connectivity index (χ1) is 14.0. The summed E-state index contributed by atoms with van der Waals surface area (Å²) in [4.78, 5) is 26.9. The maximum Gasteiger partial charge on any atom is 0.404 e. The van der Waals surface area contributed by atoms with Crippen molar-refractivity contribution in [2.45, 2.75) is 32.7 Å². The Labute approximate surface area is 168 Å². The summed E-state index contributed by atoms with van der Waals surface area (Å²) in [5.41, 5.74) is 7.91. The van der Waals surface area contributed by atoms with Crippen molar-refractivity contribution in [2.75, 3.05) is 18.0 Å². The smallest absolute Gasteiger partial charge is 0.404 e. The lowest BCUT2D eigenvalue weighted by Crippen LogP contribution is -2.45. The Morgan fingerprint density at radius 1 is 1.17 bits per heavy atom. The molecule has 8 nitrogen and oxygen atoms in total. The summed E-state index contributed by atoms with van der Waals surface area (Å²) < 4.78 is 10.6. The van der Waals surface area contributed by atoms with Gasteiger partial charge in [0, 0.05) is 24.7 Å². The van der Waals surface area contributed by atoms with Crippen LogP contribution in [0.3, 0.4) is 0 Å². The van der Waals surface area contributed by atoms with E-state index < -0.39 is 6.09 Å². The highest BCUT2D eigenvalue weighted by Gasteiger charge is 2.23. The molecular formula is C21H23N5O3. The van der Waals surface area contributed by atoms with Gasteiger partial charge in [-0.2, -0.15) is 0 Å². The van der Waals surface area contributed by atoms with Crippen molar-refractivity contribution in [2.24, 2.45) is 5.73 Å². The van der Waals surface area contributed by atoms with Crippen LogP contribution >= 0.6 is 0 Å². The molecule has 3 aromatic heterocycles. The zero-order valence-electron chi connectivity index (χ0n) is 16.4. The van der Waals surface area contributed by atoms with Crippen LogP contribution in [0.15, 0.2) is 42.6 Å². The molecule has 4 heterocycles. The number of primary amides is 1. The first-order valence-corrected chi connectivity index (χ1v) is 9.53. The van der Waals surface area contributed by atoms with Gasteiger partial charge in [0.2, 0.25) is 0 Å². The van der Waals surface area contributed by atoms with Crippen molar-refractivity contribution < 1.29 is 14.3 Å². The number of aromatic nitrogens is 3. The Bertz CT molecular complexity index is 1030. The lowest BCUT2D eigenvalue weighted by molar-refractivity contribution is -0.00545. The highest BCUT2D eigenvalue weighted by atomic mass is 16.5. The molecule has 0 bridgehead atoms. The molecule has 29 heavy (non-hydrogen) atoms. The molecule has 8 heteroatoms. The van der Waals surface area contributed by atoms with E-state index in [1.165, 1.54) is 0 Å². The fourth-order valence-corrected chi connectivity index (χ4v) is 3.53. The Morgan fingerprint density at radius 3 is 2.69 bits per heavy atom. The van der Waals surface area contributed by atoms with Crippen LogP contribution in [0.25, 0.3) is 22.3 Å². The van der Waals surface area contributed by atoms with Crippen molar-refractivity contribution >= 4 is 22.8 Å². The number of ether oxygens (including phenoxy) is 2. The van der Waals surface area contributed by atoms with Crippen molar-refractivity contribution in [3.63, 3.8) is 0 Å². The Hall–Kier alpha value is -3.26. The molecular weight excluding hydrogens is 370 g/mol. The summed E-state index contributed by atoms with van der Waals surface area (Å²) in [7, 11) is 0. The average molecular weight is 393 g/mol. The zero-order chi connectivity index (χ0) is 20.4. The van der Waals surface area contributed by atoms with Gasteiger partial charge in [-0.1, -0.05) is 6.07 Å². The summed E-state index contributed by atoms with van der Waals surface area (Å²) in [6, 6.07) is 11.6. The van der Waals surface area contributed by atoms with Crippen LogP contribution in [0.1, 0.15) is 19.5 Å². The zero-order valence-corrected chi connectivity index (χ0v) is 16.4. The molecule has 1 aliphatic heterocycles. The van der Waals surface area contributed by atoms with Crippen LogP contribution in [0.2, 0.25) is 0 Å². The minimum atomic E-state index is -0.832. The van der Waals surface area contributed by atoms with Crippen molar-refractivity contribution in [3.8, 4) is 11.4 Å². The second kappa shape index (κ2) is 8.00. The Kier molecular flexibility index (Phi) is 5.26. The van der Waals surface area contributed by atoms with E-state index in [-0.39, 0.29) is 18.8 Å². The average Bonchev–Trinajstić information content (AvgIpc) is 2.71. The number of hydrogen-bond donors (Lipinski definition) is 1. The van der Waals surface area contributed by atoms with Gasteiger partial charge in [0.25, 0.3) is 0 Å². The normalized spacial score (nSPS) is 19.3. The van der Waals surface area contributed by atoms with Gasteiger partial charge in [0.15, 0.2) is 0 Å². The summed E-state index contributed by atoms with van der Waals surface area (Å²) in [6.45, 7) is 5.77. The van der Waals surface area contributed by atoms with E-state index in [1.807, 2.05) is 30.3 Å². The van der Waals surface area contributed by atoms with Gasteiger partial charge >= 0.3 is 6.09 Å². The SMILES string of the molecule is C[C@@H]1CN(c2cccc(-c3ccc4cnc(COC(N)=O)cc4n3)n2)C[C@H](C)O1. The molecule has 0 radical (unpaired) electrons. The molecule has 2 N–H and O–H groups in total. The number of pyridine rings is 3. The molecule has 0 aromatic carbocycles. The first-order valence-electron chi connectivity index (χ1n) is 9.53. The third kappa shape index (κ3) is 4.43. The highest BCUT2D eigenvalue weighted by molar-refractivity contribution is 5.80. The Balaban J connectivity index is 1.63. The van der Waals surface area contributed by atoms with E-state index in [2.05, 4.69) is 23.7 Å². The van der Waals surface area contributed by atoms with E-state index in [1.54, 1.807) is 12.3 Å². The molecule has 4 rings (SSSR count). The van der Waals surface area contributed by atoms with Crippen LogP contribution in [-0.2, 0) is 16.1 Å². The van der Waals surface area contributed by atoms with Crippen LogP contribution in [-0.4, -0.2) is 46.3 Å². The maximum atomic E-state index is 10.8. The third-order valence-corrected chi connectivity index (χ3v) is 4.73. The number of rotatable bonds is 4. The van der Waals surface area contributed by atoms with Crippen LogP contribution in [0, 0.1) is 0 Å². The fraction of sp³-hybridized carbons (Fsp3) is 0.333. The highest BCUT2D eigenvalue weighted by Crippen LogP contribution is 2.24. The van der Waals surface area contributed by atoms with E-state index in [0.29, 0.717) is 5.69 Å². The summed E-state index contributed by atoms with van der Waals surface area (Å²) in [5, 5.41) is 0.892. The molecule has 1 amide bonds. The lowest BCUT2D eigenvalue weighted by atomic mass is 10.2. The summed E-state index contributed by atoms with van der Waals surface area (Å²) in [5.74, 6) is 0.914. The minimum absolute atomic E-state index is 0.0122. The van der Waals surface area contributed by atoms with Gasteiger partial charge in [-0.3, -0.25) is 4.98 Å². The molecule has 1 fully saturated rings. The van der Waals surface area contributed by atoms with Crippen molar-refractivity contribution in [1.82, 2.24) is 15.0 Å². The number of carbonyl (C=O) groups is 1. The number of amides is 1. The number of hydrogen-bond acceptors (Lipinski definition) is 7. The number of nitrogens with two attached hydrogens (primary N) is 1. The van der Waals surface area contributed by atoms with E-state index in [0.717, 1.165) is 41.2 Å². The van der Waals surface area contributed by atoms with Gasteiger partial charge in [-0.05, 0) is 44.2 Å². The molecule has 0 aliphatic carbocycles. The molecule has 2 atom stereocenters. The Morgan fingerprint density at radius 2 is 1.93 bits per heavy atom. The van der Waals surface area contributed by atoms with Crippen LogP contribution < -0.4 is 10.6 Å². The molecule has 150 valence electrons. The molecule has 0 spiro atoms. The molecule has 0 saturated carbocycles. The predicted molar refractivity (Wildman–Crippen MR) is 109 cm³/mol. The van der Waals surface area contributed by atoms with Gasteiger partial charge in [0.05, 0.1) is 34.8 Å². The summed E-state index contributed by atoms with van der Waals surface area (Å²) in [6.07, 6.45) is 1.20. The monoisotopic (exact) mass is 393 g/mol. The summed E-state index contributed by atoms with van der Waals surface area (Å²) >= 11 is 0. The third-order valence-electron chi connectivity index (χ3n) is 4.73. The fourth-order valence-electron chi connectivity index (χ4n) is 3.53. The lowest BCUT2D eigenvalue weighted by Gasteiger charge is -2.36. The van der Waals surface area contributed by atoms with E-state index in [9.17, 15) is 4.79 Å². The topological polar surface area (TPSA) is 103 Å². The molecule has 3 aromatic rings. The maximum absolute atomic E-state index is 10.8. The number of nitrogens with zero attached hydrogens (tertiary/aromatic N) is 4. The van der Waals surface area contributed by atoms with Gasteiger partial charge in [0.1, 0.15) is 12.4 Å². The minimum Gasteiger partial charge on any atom is -0.443 e. The molecule has 1 saturated heterocycles. The number of carbonyl (C=O) groups excluding carboxylic acids is 1. The van der Waals surface area contributed by atoms with E-state index >= 15 is 0 Å². The molecule has 1 aliphatic rings. The number of morpholine rings is 1. The molecule has 0 unspecified atom stereocenters. The van der Waals surface area contributed by atoms with Crippen molar-refractivity contribution in [3.05, 3.63) is 48.3 Å². The second-order valence-electron chi connectivity index (χ2n) is 7.22. The predicted octanol–water partition coefficient (Wildman–Crippen LogP) is 2.90. The van der Waals surface area contributed by atoms with Crippen LogP contribution in [0.5, 0.6) is 0 Å². The van der Waals surface area contributed by atoms with Crippen LogP contribution in [0.4, 0.5) is 10.6 Å². The standard InChI is InChI=1S/C21H23N5O3/c1-13-10-26(11-14(2)29-13)20-5-3-4-17(25-20)18-7-6-15-9-23-16(8-19(15)24-18)12-28-21(22)27/h3-9,13-14H,10-12H2,1-2H3,(H2,22,27)/t13-,14+. The quantitative estimate of drug-likeness (QED) is 0.727.